The lowest BCUT2D eigenvalue weighted by atomic mass is 10.2. The zero-order valence-corrected chi connectivity index (χ0v) is 13.4. The van der Waals surface area contributed by atoms with Crippen LogP contribution in [-0.4, -0.2) is 42.3 Å². The van der Waals surface area contributed by atoms with Gasteiger partial charge in [-0.3, -0.25) is 4.79 Å². The van der Waals surface area contributed by atoms with Crippen molar-refractivity contribution in [1.29, 1.82) is 0 Å². The lowest BCUT2D eigenvalue weighted by molar-refractivity contribution is -0.115. The Hall–Kier alpha value is -2.77. The molecular formula is C15H20N2O6. The highest BCUT2D eigenvalue weighted by atomic mass is 16.6. The van der Waals surface area contributed by atoms with E-state index in [2.05, 4.69) is 15.4 Å². The Balaban J connectivity index is 2.61. The third-order valence-electron chi connectivity index (χ3n) is 2.48. The molecule has 8 nitrogen and oxygen atoms in total. The van der Waals surface area contributed by atoms with Crippen molar-refractivity contribution in [2.75, 3.05) is 19.0 Å². The minimum atomic E-state index is -0.731. The van der Waals surface area contributed by atoms with Crippen LogP contribution in [0.5, 0.6) is 5.75 Å². The highest BCUT2D eigenvalue weighted by Gasteiger charge is 2.17. The van der Waals surface area contributed by atoms with Crippen LogP contribution >= 0.6 is 0 Å². The van der Waals surface area contributed by atoms with E-state index >= 15 is 0 Å². The van der Waals surface area contributed by atoms with Crippen molar-refractivity contribution in [3.8, 4) is 5.75 Å². The first-order valence-electron chi connectivity index (χ1n) is 6.80. The van der Waals surface area contributed by atoms with Gasteiger partial charge in [0, 0.05) is 5.69 Å². The molecule has 1 aromatic rings. The van der Waals surface area contributed by atoms with Crippen molar-refractivity contribution in [2.24, 2.45) is 0 Å². The maximum Gasteiger partial charge on any atom is 0.408 e. The topological polar surface area (TPSA) is 114 Å². The Labute approximate surface area is 133 Å². The van der Waals surface area contributed by atoms with Gasteiger partial charge in [-0.05, 0) is 39.0 Å². The zero-order chi connectivity index (χ0) is 17.6. The molecular weight excluding hydrogens is 304 g/mol. The quantitative estimate of drug-likeness (QED) is 0.573. The molecule has 0 aliphatic heterocycles. The van der Waals surface area contributed by atoms with Crippen LogP contribution in [0.4, 0.5) is 10.5 Å². The number of benzene rings is 1. The minimum Gasteiger partial charge on any atom is -0.507 e. The van der Waals surface area contributed by atoms with Crippen LogP contribution in [-0.2, 0) is 14.3 Å². The number of carbonyl (C=O) groups excluding carboxylic acids is 3. The molecule has 1 rings (SSSR count). The standard InChI is InChI=1S/C15H20N2O6/c1-15(2,3)23-14(21)16-8-12(19)17-9-5-6-11(18)10(7-9)13(20)22-4/h5-7,18H,8H2,1-4H3,(H,16,21)(H,17,19). The number of hydrogen-bond acceptors (Lipinski definition) is 6. The van der Waals surface area contributed by atoms with Crippen LogP contribution in [0.15, 0.2) is 18.2 Å². The Kier molecular flexibility index (Phi) is 5.94. The fourth-order valence-electron chi connectivity index (χ4n) is 1.56. The number of phenols is 1. The molecule has 8 heteroatoms. The number of esters is 1. The molecule has 0 aromatic heterocycles. The van der Waals surface area contributed by atoms with Crippen molar-refractivity contribution in [3.05, 3.63) is 23.8 Å². The molecule has 2 amide bonds. The SMILES string of the molecule is COC(=O)c1cc(NC(=O)CNC(=O)OC(C)(C)C)ccc1O. The number of anilines is 1. The van der Waals surface area contributed by atoms with Gasteiger partial charge in [-0.1, -0.05) is 0 Å². The molecule has 0 bridgehead atoms. The summed E-state index contributed by atoms with van der Waals surface area (Å²) in [4.78, 5) is 34.6. The Morgan fingerprint density at radius 2 is 1.87 bits per heavy atom. The van der Waals surface area contributed by atoms with Gasteiger partial charge >= 0.3 is 12.1 Å². The number of hydrogen-bond donors (Lipinski definition) is 3. The Morgan fingerprint density at radius 1 is 1.22 bits per heavy atom. The lowest BCUT2D eigenvalue weighted by Crippen LogP contribution is -2.37. The fraction of sp³-hybridized carbons (Fsp3) is 0.400. The predicted molar refractivity (Wildman–Crippen MR) is 82.3 cm³/mol. The summed E-state index contributed by atoms with van der Waals surface area (Å²) in [6.45, 7) is 4.82. The summed E-state index contributed by atoms with van der Waals surface area (Å²) in [7, 11) is 1.18. The third-order valence-corrected chi connectivity index (χ3v) is 2.48. The monoisotopic (exact) mass is 324 g/mol. The van der Waals surface area contributed by atoms with E-state index < -0.39 is 23.6 Å². The summed E-state index contributed by atoms with van der Waals surface area (Å²) < 4.78 is 9.51. The first-order chi connectivity index (χ1) is 10.6. The molecule has 3 N–H and O–H groups in total. The van der Waals surface area contributed by atoms with Crippen molar-refractivity contribution in [2.45, 2.75) is 26.4 Å². The second-order valence-electron chi connectivity index (χ2n) is 5.63. The van der Waals surface area contributed by atoms with Crippen molar-refractivity contribution < 1.29 is 29.0 Å². The van der Waals surface area contributed by atoms with Crippen LogP contribution in [0.25, 0.3) is 0 Å². The van der Waals surface area contributed by atoms with Gasteiger partial charge in [0.05, 0.1) is 7.11 Å². The lowest BCUT2D eigenvalue weighted by Gasteiger charge is -2.19. The van der Waals surface area contributed by atoms with Gasteiger partial charge in [-0.2, -0.15) is 0 Å². The number of rotatable bonds is 4. The summed E-state index contributed by atoms with van der Waals surface area (Å²) in [6.07, 6.45) is -0.714. The molecule has 0 saturated carbocycles. The van der Waals surface area contributed by atoms with Crippen LogP contribution in [0, 0.1) is 0 Å². The highest BCUT2D eigenvalue weighted by Crippen LogP contribution is 2.22. The fourth-order valence-corrected chi connectivity index (χ4v) is 1.56. The van der Waals surface area contributed by atoms with Crippen molar-refractivity contribution >= 4 is 23.7 Å². The highest BCUT2D eigenvalue weighted by molar-refractivity contribution is 5.97. The molecule has 0 atom stereocenters. The molecule has 0 radical (unpaired) electrons. The summed E-state index contributed by atoms with van der Waals surface area (Å²) in [5.74, 6) is -1.51. The average molecular weight is 324 g/mol. The van der Waals surface area contributed by atoms with Crippen LogP contribution in [0.3, 0.4) is 0 Å². The summed E-state index contributed by atoms with van der Waals surface area (Å²) in [6, 6.07) is 3.93. The van der Waals surface area contributed by atoms with E-state index in [0.29, 0.717) is 0 Å². The van der Waals surface area contributed by atoms with Crippen molar-refractivity contribution in [1.82, 2.24) is 5.32 Å². The molecule has 0 saturated heterocycles. The van der Waals surface area contributed by atoms with Gasteiger partial charge in [0.15, 0.2) is 0 Å². The average Bonchev–Trinajstić information content (AvgIpc) is 2.44. The number of alkyl carbamates (subject to hydrolysis) is 1. The number of amides is 2. The molecule has 126 valence electrons. The third kappa shape index (κ3) is 6.25. The molecule has 0 heterocycles. The molecule has 23 heavy (non-hydrogen) atoms. The van der Waals surface area contributed by atoms with Gasteiger partial charge < -0.3 is 25.2 Å². The minimum absolute atomic E-state index is 0.0783. The second-order valence-corrected chi connectivity index (χ2v) is 5.63. The summed E-state index contributed by atoms with van der Waals surface area (Å²) in [5.41, 5.74) is -0.461. The van der Waals surface area contributed by atoms with E-state index in [1.54, 1.807) is 20.8 Å². The van der Waals surface area contributed by atoms with Gasteiger partial charge in [-0.25, -0.2) is 9.59 Å². The van der Waals surface area contributed by atoms with E-state index in [-0.39, 0.29) is 23.5 Å². The molecule has 0 unspecified atom stereocenters. The van der Waals surface area contributed by atoms with Gasteiger partial charge in [0.1, 0.15) is 23.5 Å². The van der Waals surface area contributed by atoms with Crippen molar-refractivity contribution in [3.63, 3.8) is 0 Å². The van der Waals surface area contributed by atoms with Crippen LogP contribution in [0.1, 0.15) is 31.1 Å². The first-order valence-corrected chi connectivity index (χ1v) is 6.80. The summed E-state index contributed by atoms with van der Waals surface area (Å²) in [5, 5.41) is 14.4. The zero-order valence-electron chi connectivity index (χ0n) is 13.4. The van der Waals surface area contributed by atoms with E-state index in [1.807, 2.05) is 0 Å². The predicted octanol–water partition coefficient (Wildman–Crippen LogP) is 1.64. The van der Waals surface area contributed by atoms with E-state index in [9.17, 15) is 19.5 Å². The normalized spacial score (nSPS) is 10.6. The first kappa shape index (κ1) is 18.3. The number of methoxy groups -OCH3 is 1. The molecule has 0 fully saturated rings. The number of aromatic hydroxyl groups is 1. The van der Waals surface area contributed by atoms with Gasteiger partial charge in [0.2, 0.25) is 5.91 Å². The molecule has 1 aromatic carbocycles. The maximum absolute atomic E-state index is 11.8. The Bertz CT molecular complexity index is 606. The number of carbonyl (C=O) groups is 3. The number of nitrogens with one attached hydrogen (secondary N) is 2. The van der Waals surface area contributed by atoms with Crippen LogP contribution in [0.2, 0.25) is 0 Å². The number of ether oxygens (including phenoxy) is 2. The van der Waals surface area contributed by atoms with E-state index in [4.69, 9.17) is 4.74 Å². The largest absolute Gasteiger partial charge is 0.507 e. The number of phenolic OH excluding ortho intramolecular Hbond substituents is 1. The van der Waals surface area contributed by atoms with Crippen LogP contribution < -0.4 is 10.6 Å². The molecule has 0 spiro atoms. The Morgan fingerprint density at radius 3 is 2.43 bits per heavy atom. The maximum atomic E-state index is 11.8. The van der Waals surface area contributed by atoms with E-state index in [1.165, 1.54) is 25.3 Å². The van der Waals surface area contributed by atoms with Gasteiger partial charge in [0.25, 0.3) is 0 Å². The molecule has 0 aliphatic rings. The smallest absolute Gasteiger partial charge is 0.408 e. The molecule has 0 aliphatic carbocycles. The second kappa shape index (κ2) is 7.48. The van der Waals surface area contributed by atoms with E-state index in [0.717, 1.165) is 0 Å². The van der Waals surface area contributed by atoms with Gasteiger partial charge in [-0.15, -0.1) is 0 Å². The summed E-state index contributed by atoms with van der Waals surface area (Å²) >= 11 is 0.